The van der Waals surface area contributed by atoms with Gasteiger partial charge in [0.2, 0.25) is 10.0 Å². The number of halogens is 1. The quantitative estimate of drug-likeness (QED) is 0.802. The predicted octanol–water partition coefficient (Wildman–Crippen LogP) is 2.73. The van der Waals surface area contributed by atoms with Gasteiger partial charge in [0.05, 0.1) is 6.04 Å². The van der Waals surface area contributed by atoms with Crippen LogP contribution in [0.25, 0.3) is 0 Å². The van der Waals surface area contributed by atoms with Gasteiger partial charge >= 0.3 is 0 Å². The van der Waals surface area contributed by atoms with Crippen LogP contribution in [0.5, 0.6) is 0 Å². The number of thiophene rings is 1. The molecule has 1 atom stereocenters. The molecular weight excluding hydrogens is 298 g/mol. The number of hydrogen-bond donors (Lipinski definition) is 0. The van der Waals surface area contributed by atoms with Crippen LogP contribution in [0.1, 0.15) is 22.7 Å². The van der Waals surface area contributed by atoms with Crippen LogP contribution in [0.2, 0.25) is 0 Å². The second kappa shape index (κ2) is 4.95. The molecule has 0 fully saturated rings. The molecule has 15 heavy (non-hydrogen) atoms. The molecule has 1 rings (SSSR count). The van der Waals surface area contributed by atoms with E-state index in [9.17, 15) is 8.42 Å². The van der Waals surface area contributed by atoms with E-state index in [4.69, 9.17) is 0 Å². The zero-order valence-corrected chi connectivity index (χ0v) is 12.1. The Morgan fingerprint density at radius 3 is 2.53 bits per heavy atom. The van der Waals surface area contributed by atoms with Gasteiger partial charge in [0.15, 0.2) is 0 Å². The predicted molar refractivity (Wildman–Crippen MR) is 67.9 cm³/mol. The van der Waals surface area contributed by atoms with Crippen LogP contribution in [0, 0.1) is 6.92 Å². The van der Waals surface area contributed by atoms with Gasteiger partial charge in [-0.1, -0.05) is 15.9 Å². The van der Waals surface area contributed by atoms with Gasteiger partial charge in [-0.25, -0.2) is 8.42 Å². The van der Waals surface area contributed by atoms with E-state index in [-0.39, 0.29) is 10.7 Å². The Labute approximate surface area is 103 Å². The van der Waals surface area contributed by atoms with E-state index in [1.165, 1.54) is 9.18 Å². The molecule has 1 heterocycles. The van der Waals surface area contributed by atoms with Crippen LogP contribution in [-0.4, -0.2) is 24.4 Å². The maximum atomic E-state index is 11.6. The van der Waals surface area contributed by atoms with Crippen LogP contribution in [0.4, 0.5) is 0 Å². The van der Waals surface area contributed by atoms with Crippen molar-refractivity contribution in [2.75, 3.05) is 11.7 Å². The standard InChI is InChI=1S/C9H14BrNO2S2/c1-7-4-5-9(14-7)8(2)11(3)15(12,13)6-10/h4-5,8H,6H2,1-3H3. The topological polar surface area (TPSA) is 37.4 Å². The van der Waals surface area contributed by atoms with Crippen molar-refractivity contribution in [1.29, 1.82) is 0 Å². The van der Waals surface area contributed by atoms with Gasteiger partial charge in [0.25, 0.3) is 0 Å². The molecule has 0 aliphatic rings. The Balaban J connectivity index is 2.91. The van der Waals surface area contributed by atoms with E-state index in [0.717, 1.165) is 4.88 Å². The fourth-order valence-electron chi connectivity index (χ4n) is 1.18. The van der Waals surface area contributed by atoms with Crippen LogP contribution < -0.4 is 0 Å². The maximum Gasteiger partial charge on any atom is 0.224 e. The van der Waals surface area contributed by atoms with Crippen LogP contribution in [0.15, 0.2) is 12.1 Å². The third kappa shape index (κ3) is 3.03. The fraction of sp³-hybridized carbons (Fsp3) is 0.556. The lowest BCUT2D eigenvalue weighted by atomic mass is 10.3. The molecule has 0 aliphatic heterocycles. The molecule has 0 amide bonds. The van der Waals surface area contributed by atoms with Crippen molar-refractivity contribution in [3.63, 3.8) is 0 Å². The monoisotopic (exact) mass is 311 g/mol. The molecule has 1 aromatic rings. The van der Waals surface area contributed by atoms with Crippen molar-refractivity contribution in [1.82, 2.24) is 4.31 Å². The normalized spacial score (nSPS) is 14.5. The van der Waals surface area contributed by atoms with E-state index in [2.05, 4.69) is 15.9 Å². The largest absolute Gasteiger partial charge is 0.224 e. The van der Waals surface area contributed by atoms with Gasteiger partial charge in [-0.15, -0.1) is 11.3 Å². The number of alkyl halides is 1. The number of hydrogen-bond acceptors (Lipinski definition) is 3. The summed E-state index contributed by atoms with van der Waals surface area (Å²) >= 11 is 4.62. The summed E-state index contributed by atoms with van der Waals surface area (Å²) in [6, 6.07) is 3.88. The van der Waals surface area contributed by atoms with E-state index in [1.54, 1.807) is 18.4 Å². The lowest BCUT2D eigenvalue weighted by Gasteiger charge is -2.22. The first-order chi connectivity index (χ1) is 6.88. The van der Waals surface area contributed by atoms with Gasteiger partial charge in [-0.2, -0.15) is 4.31 Å². The summed E-state index contributed by atoms with van der Waals surface area (Å²) in [5.41, 5.74) is 0. The molecule has 0 radical (unpaired) electrons. The van der Waals surface area contributed by atoms with Gasteiger partial charge in [-0.05, 0) is 26.0 Å². The summed E-state index contributed by atoms with van der Waals surface area (Å²) in [4.78, 5) is 2.26. The lowest BCUT2D eigenvalue weighted by molar-refractivity contribution is 0.406. The number of rotatable bonds is 4. The number of nitrogens with zero attached hydrogens (tertiary/aromatic N) is 1. The first-order valence-corrected chi connectivity index (χ1v) is 8.01. The minimum Gasteiger partial charge on any atom is -0.211 e. The Hall–Kier alpha value is 0.0900. The fourth-order valence-corrected chi connectivity index (χ4v) is 3.93. The minimum absolute atomic E-state index is 0.0365. The molecule has 0 aromatic carbocycles. The lowest BCUT2D eigenvalue weighted by Crippen LogP contribution is -2.29. The second-order valence-corrected chi connectivity index (χ2v) is 8.01. The second-order valence-electron chi connectivity index (χ2n) is 3.36. The van der Waals surface area contributed by atoms with Gasteiger partial charge in [0.1, 0.15) is 4.66 Å². The maximum absolute atomic E-state index is 11.6. The van der Waals surface area contributed by atoms with Gasteiger partial charge < -0.3 is 0 Å². The summed E-state index contributed by atoms with van der Waals surface area (Å²) in [6.07, 6.45) is 0. The van der Waals surface area contributed by atoms with Crippen molar-refractivity contribution in [2.45, 2.75) is 19.9 Å². The van der Waals surface area contributed by atoms with Crippen molar-refractivity contribution in [2.24, 2.45) is 0 Å². The van der Waals surface area contributed by atoms with E-state index >= 15 is 0 Å². The molecule has 0 saturated heterocycles. The van der Waals surface area contributed by atoms with Crippen molar-refractivity contribution in [3.8, 4) is 0 Å². The molecule has 0 bridgehead atoms. The first kappa shape index (κ1) is 13.2. The Morgan fingerprint density at radius 2 is 2.13 bits per heavy atom. The van der Waals surface area contributed by atoms with E-state index in [0.29, 0.717) is 0 Å². The number of aryl methyl sites for hydroxylation is 1. The highest BCUT2D eigenvalue weighted by molar-refractivity contribution is 9.10. The average molecular weight is 312 g/mol. The summed E-state index contributed by atoms with van der Waals surface area (Å²) in [5, 5.41) is 0. The highest BCUT2D eigenvalue weighted by Gasteiger charge is 2.23. The molecule has 1 aromatic heterocycles. The molecule has 0 aliphatic carbocycles. The average Bonchev–Trinajstić information content (AvgIpc) is 2.62. The van der Waals surface area contributed by atoms with E-state index < -0.39 is 10.0 Å². The van der Waals surface area contributed by atoms with Crippen molar-refractivity contribution < 1.29 is 8.42 Å². The zero-order valence-electron chi connectivity index (χ0n) is 8.90. The zero-order chi connectivity index (χ0) is 11.6. The molecule has 0 spiro atoms. The first-order valence-electron chi connectivity index (χ1n) is 4.46. The van der Waals surface area contributed by atoms with Crippen LogP contribution in [0.3, 0.4) is 0 Å². The summed E-state index contributed by atoms with van der Waals surface area (Å²) in [6.45, 7) is 3.91. The van der Waals surface area contributed by atoms with Gasteiger partial charge in [-0.3, -0.25) is 0 Å². The van der Waals surface area contributed by atoms with Crippen LogP contribution in [-0.2, 0) is 10.0 Å². The Morgan fingerprint density at radius 1 is 1.53 bits per heavy atom. The SMILES string of the molecule is Cc1ccc(C(C)N(C)S(=O)(=O)CBr)s1. The summed E-state index contributed by atoms with van der Waals surface area (Å²) in [7, 11) is -1.57. The van der Waals surface area contributed by atoms with E-state index in [1.807, 2.05) is 26.0 Å². The Kier molecular flexibility index (Phi) is 4.34. The Bertz CT molecular complexity index is 427. The van der Waals surface area contributed by atoms with Crippen molar-refractivity contribution in [3.05, 3.63) is 21.9 Å². The third-order valence-corrected chi connectivity index (χ3v) is 6.67. The van der Waals surface area contributed by atoms with Crippen molar-refractivity contribution >= 4 is 37.3 Å². The molecule has 6 heteroatoms. The molecule has 0 N–H and O–H groups in total. The molecule has 0 saturated carbocycles. The smallest absolute Gasteiger partial charge is 0.211 e. The summed E-state index contributed by atoms with van der Waals surface area (Å²) in [5.74, 6) is 0. The molecule has 1 unspecified atom stereocenters. The highest BCUT2D eigenvalue weighted by atomic mass is 79.9. The minimum atomic E-state index is -3.18. The van der Waals surface area contributed by atoms with Gasteiger partial charge in [0, 0.05) is 16.8 Å². The van der Waals surface area contributed by atoms with Crippen LogP contribution >= 0.6 is 27.3 Å². The molecule has 3 nitrogen and oxygen atoms in total. The molecular formula is C9H14BrNO2S2. The number of sulfonamides is 1. The molecule has 86 valence electrons. The highest BCUT2D eigenvalue weighted by Crippen LogP contribution is 2.28. The summed E-state index contributed by atoms with van der Waals surface area (Å²) < 4.78 is 24.6. The third-order valence-electron chi connectivity index (χ3n) is 2.29.